The van der Waals surface area contributed by atoms with Gasteiger partial charge in [-0.1, -0.05) is 23.7 Å². The molecular formula is C29H23ClF3N5O4. The van der Waals surface area contributed by atoms with Crippen LogP contribution in [0.25, 0.3) is 22.8 Å². The van der Waals surface area contributed by atoms with Crippen molar-refractivity contribution in [3.8, 4) is 28.7 Å². The fraction of sp³-hybridized carbons (Fsp3) is 0.241. The highest BCUT2D eigenvalue weighted by molar-refractivity contribution is 6.30. The average molecular weight is 598 g/mol. The van der Waals surface area contributed by atoms with Crippen molar-refractivity contribution in [2.75, 3.05) is 6.61 Å². The molecule has 5 aromatic rings. The van der Waals surface area contributed by atoms with E-state index in [1.165, 1.54) is 36.4 Å². The second kappa shape index (κ2) is 11.8. The minimum absolute atomic E-state index is 0.0462. The SMILES string of the molecule is O=c1cc(-c2nnc(Cc3cc(F)c(-c4cccc(OCc5ccc(Cl)cc5F)n4)cc3F)n2CC2CCCO2)o[nH]1. The Kier molecular flexibility index (Phi) is 7.81. The lowest BCUT2D eigenvalue weighted by Gasteiger charge is -2.15. The van der Waals surface area contributed by atoms with E-state index in [1.54, 1.807) is 10.6 Å². The van der Waals surface area contributed by atoms with Gasteiger partial charge in [-0.05, 0) is 48.7 Å². The van der Waals surface area contributed by atoms with E-state index in [1.807, 2.05) is 0 Å². The van der Waals surface area contributed by atoms with Crippen LogP contribution in [0.1, 0.15) is 29.8 Å². The van der Waals surface area contributed by atoms with Crippen LogP contribution in [0.4, 0.5) is 13.2 Å². The van der Waals surface area contributed by atoms with Crippen LogP contribution >= 0.6 is 11.6 Å². The van der Waals surface area contributed by atoms with Crippen molar-refractivity contribution < 1.29 is 27.2 Å². The molecule has 42 heavy (non-hydrogen) atoms. The number of ether oxygens (including phenoxy) is 2. The van der Waals surface area contributed by atoms with Crippen LogP contribution in [-0.4, -0.2) is 37.6 Å². The van der Waals surface area contributed by atoms with E-state index in [0.717, 1.165) is 25.0 Å². The van der Waals surface area contributed by atoms with Crippen molar-refractivity contribution in [3.05, 3.63) is 104 Å². The molecule has 1 fully saturated rings. The number of hydrogen-bond donors (Lipinski definition) is 1. The first-order valence-corrected chi connectivity index (χ1v) is 13.5. The quantitative estimate of drug-likeness (QED) is 0.232. The number of nitrogens with zero attached hydrogens (tertiary/aromatic N) is 4. The van der Waals surface area contributed by atoms with E-state index in [2.05, 4.69) is 20.3 Å². The van der Waals surface area contributed by atoms with Crippen LogP contribution in [0.5, 0.6) is 5.88 Å². The minimum atomic E-state index is -0.707. The molecule has 0 saturated carbocycles. The predicted molar refractivity (Wildman–Crippen MR) is 145 cm³/mol. The molecule has 1 saturated heterocycles. The van der Waals surface area contributed by atoms with E-state index in [4.69, 9.17) is 25.6 Å². The number of rotatable bonds is 9. The highest BCUT2D eigenvalue weighted by Crippen LogP contribution is 2.28. The zero-order valence-corrected chi connectivity index (χ0v) is 22.7. The lowest BCUT2D eigenvalue weighted by atomic mass is 10.0. The van der Waals surface area contributed by atoms with Gasteiger partial charge in [0.05, 0.1) is 24.4 Å². The summed E-state index contributed by atoms with van der Waals surface area (Å²) in [7, 11) is 0. The molecule has 6 rings (SSSR count). The molecule has 0 radical (unpaired) electrons. The third-order valence-corrected chi connectivity index (χ3v) is 7.09. The van der Waals surface area contributed by atoms with Crippen molar-refractivity contribution in [1.29, 1.82) is 0 Å². The molecule has 0 bridgehead atoms. The summed E-state index contributed by atoms with van der Waals surface area (Å²) in [6.45, 7) is 0.845. The summed E-state index contributed by atoms with van der Waals surface area (Å²) in [5, 5.41) is 10.8. The fourth-order valence-corrected chi connectivity index (χ4v) is 4.91. The molecule has 1 atom stereocenters. The van der Waals surface area contributed by atoms with Crippen molar-refractivity contribution >= 4 is 11.6 Å². The minimum Gasteiger partial charge on any atom is -0.473 e. The van der Waals surface area contributed by atoms with Gasteiger partial charge >= 0.3 is 0 Å². The van der Waals surface area contributed by atoms with Gasteiger partial charge in [-0.3, -0.25) is 4.79 Å². The average Bonchev–Trinajstić information content (AvgIpc) is 3.73. The highest BCUT2D eigenvalue weighted by atomic mass is 35.5. The van der Waals surface area contributed by atoms with Crippen molar-refractivity contribution in [2.45, 2.75) is 38.5 Å². The Bertz CT molecular complexity index is 1800. The van der Waals surface area contributed by atoms with E-state index in [-0.39, 0.29) is 64.0 Å². The molecule has 1 N–H and O–H groups in total. The Hall–Kier alpha value is -4.42. The monoisotopic (exact) mass is 597 g/mol. The molecule has 3 aromatic heterocycles. The molecule has 2 aromatic carbocycles. The first kappa shape index (κ1) is 27.7. The molecule has 1 aliphatic heterocycles. The van der Waals surface area contributed by atoms with Gasteiger partial charge in [-0.15, -0.1) is 10.2 Å². The summed E-state index contributed by atoms with van der Waals surface area (Å²) >= 11 is 5.79. The summed E-state index contributed by atoms with van der Waals surface area (Å²) in [6.07, 6.45) is 1.51. The summed E-state index contributed by atoms with van der Waals surface area (Å²) in [5.74, 6) is -1.01. The zero-order chi connectivity index (χ0) is 29.2. The van der Waals surface area contributed by atoms with Gasteiger partial charge in [0, 0.05) is 35.2 Å². The van der Waals surface area contributed by atoms with E-state index in [0.29, 0.717) is 19.0 Å². The number of pyridine rings is 1. The van der Waals surface area contributed by atoms with Crippen LogP contribution in [0.15, 0.2) is 63.9 Å². The van der Waals surface area contributed by atoms with Crippen molar-refractivity contribution in [2.24, 2.45) is 0 Å². The van der Waals surface area contributed by atoms with Crippen molar-refractivity contribution in [3.63, 3.8) is 0 Å². The van der Waals surface area contributed by atoms with Crippen LogP contribution in [-0.2, 0) is 24.3 Å². The molecule has 0 amide bonds. The topological polar surface area (TPSA) is 108 Å². The highest BCUT2D eigenvalue weighted by Gasteiger charge is 2.24. The standard InChI is InChI=1S/C29H23ClF3N5O4/c30-18-7-6-16(21(31)11-18)15-41-28-5-1-4-24(34-28)20-12-22(32)17(9-23(20)33)10-26-35-36-29(25-13-27(39)37-42-25)38(26)14-19-3-2-8-40-19/h1,4-7,9,11-13,19H,2-3,8,10,14-15H2,(H,37,39). The van der Waals surface area contributed by atoms with Gasteiger partial charge < -0.3 is 18.6 Å². The van der Waals surface area contributed by atoms with Crippen LogP contribution in [0, 0.1) is 17.5 Å². The second-order valence-electron chi connectivity index (χ2n) is 9.75. The predicted octanol–water partition coefficient (Wildman–Crippen LogP) is 5.71. The summed E-state index contributed by atoms with van der Waals surface area (Å²) in [4.78, 5) is 15.9. The molecule has 4 heterocycles. The maximum atomic E-state index is 15.4. The van der Waals surface area contributed by atoms with Gasteiger partial charge in [0.25, 0.3) is 5.56 Å². The summed E-state index contributed by atoms with van der Waals surface area (Å²) < 4.78 is 63.1. The van der Waals surface area contributed by atoms with Crippen LogP contribution in [0.2, 0.25) is 5.02 Å². The lowest BCUT2D eigenvalue weighted by molar-refractivity contribution is 0.0965. The number of H-pyrrole nitrogens is 1. The molecule has 1 unspecified atom stereocenters. The molecular weight excluding hydrogens is 575 g/mol. The third-order valence-electron chi connectivity index (χ3n) is 6.86. The number of nitrogens with one attached hydrogen (secondary N) is 1. The van der Waals surface area contributed by atoms with E-state index in [9.17, 15) is 9.18 Å². The molecule has 1 aliphatic rings. The number of hydrogen-bond acceptors (Lipinski definition) is 7. The maximum absolute atomic E-state index is 15.4. The molecule has 13 heteroatoms. The Morgan fingerprint density at radius 2 is 1.88 bits per heavy atom. The number of aromatic nitrogens is 5. The summed E-state index contributed by atoms with van der Waals surface area (Å²) in [5.41, 5.74) is -0.0669. The normalized spacial score (nSPS) is 14.9. The van der Waals surface area contributed by atoms with E-state index < -0.39 is 23.0 Å². The number of halogens is 4. The first-order chi connectivity index (χ1) is 20.3. The van der Waals surface area contributed by atoms with Crippen molar-refractivity contribution in [1.82, 2.24) is 24.9 Å². The lowest BCUT2D eigenvalue weighted by Crippen LogP contribution is -2.18. The third kappa shape index (κ3) is 5.95. The molecule has 0 spiro atoms. The maximum Gasteiger partial charge on any atom is 0.280 e. The van der Waals surface area contributed by atoms with Crippen LogP contribution in [0.3, 0.4) is 0 Å². The van der Waals surface area contributed by atoms with Gasteiger partial charge in [-0.25, -0.2) is 18.2 Å². The second-order valence-corrected chi connectivity index (χ2v) is 10.2. The fourth-order valence-electron chi connectivity index (χ4n) is 4.75. The zero-order valence-electron chi connectivity index (χ0n) is 21.9. The Morgan fingerprint density at radius 3 is 2.64 bits per heavy atom. The van der Waals surface area contributed by atoms with Gasteiger partial charge in [0.15, 0.2) is 0 Å². The largest absolute Gasteiger partial charge is 0.473 e. The Labute approximate surface area is 241 Å². The summed E-state index contributed by atoms with van der Waals surface area (Å²) in [6, 6.07) is 12.2. The number of aromatic amines is 1. The van der Waals surface area contributed by atoms with Gasteiger partial charge in [0.2, 0.25) is 17.5 Å². The Morgan fingerprint density at radius 1 is 1.02 bits per heavy atom. The van der Waals surface area contributed by atoms with Gasteiger partial charge in [0.1, 0.15) is 29.9 Å². The number of benzene rings is 2. The van der Waals surface area contributed by atoms with Gasteiger partial charge in [-0.2, -0.15) is 5.16 Å². The Balaban J connectivity index is 1.25. The van der Waals surface area contributed by atoms with Crippen LogP contribution < -0.4 is 10.3 Å². The molecule has 9 nitrogen and oxygen atoms in total. The van der Waals surface area contributed by atoms with E-state index >= 15 is 8.78 Å². The molecule has 216 valence electrons. The molecule has 0 aliphatic carbocycles. The smallest absolute Gasteiger partial charge is 0.280 e. The first-order valence-electron chi connectivity index (χ1n) is 13.1.